The van der Waals surface area contributed by atoms with Crippen LogP contribution in [0.1, 0.15) is 51.4 Å². The van der Waals surface area contributed by atoms with Crippen molar-refractivity contribution in [2.45, 2.75) is 57.4 Å². The normalized spacial score (nSPS) is 29.0. The first-order valence-electron chi connectivity index (χ1n) is 8.92. The summed E-state index contributed by atoms with van der Waals surface area (Å²) in [4.78, 5) is 17.0. The molecule has 0 aromatic carbocycles. The minimum atomic E-state index is 0.415. The molecule has 0 saturated carbocycles. The lowest BCUT2D eigenvalue weighted by molar-refractivity contribution is -0.130. The second-order valence-electron chi connectivity index (χ2n) is 6.97. The number of likely N-dealkylation sites (tertiary alicyclic amines) is 2. The topological polar surface area (TPSA) is 23.6 Å². The van der Waals surface area contributed by atoms with Crippen LogP contribution in [0.3, 0.4) is 0 Å². The molecule has 0 aliphatic carbocycles. The second-order valence-corrected chi connectivity index (χ2v) is 8.20. The molecule has 0 spiro atoms. The number of hydrogen-bond donors (Lipinski definition) is 0. The number of amides is 1. The van der Waals surface area contributed by atoms with E-state index in [0.29, 0.717) is 5.91 Å². The lowest BCUT2D eigenvalue weighted by Gasteiger charge is -2.40. The molecule has 3 nitrogen and oxygen atoms in total. The average molecular weight is 311 g/mol. The molecule has 1 atom stereocenters. The van der Waals surface area contributed by atoms with Gasteiger partial charge in [-0.05, 0) is 68.9 Å². The Labute approximate surface area is 133 Å². The molecule has 3 aliphatic rings. The Morgan fingerprint density at radius 2 is 1.76 bits per heavy atom. The predicted octanol–water partition coefficient (Wildman–Crippen LogP) is 3.00. The highest BCUT2D eigenvalue weighted by atomic mass is 32.2. The van der Waals surface area contributed by atoms with Gasteiger partial charge in [0.15, 0.2) is 0 Å². The third-order valence-electron chi connectivity index (χ3n) is 5.48. The van der Waals surface area contributed by atoms with Gasteiger partial charge in [0.2, 0.25) is 5.91 Å². The molecule has 4 heteroatoms. The van der Waals surface area contributed by atoms with Crippen LogP contribution in [-0.2, 0) is 4.79 Å². The zero-order valence-corrected chi connectivity index (χ0v) is 14.1. The van der Waals surface area contributed by atoms with E-state index < -0.39 is 0 Å². The van der Waals surface area contributed by atoms with Crippen molar-refractivity contribution in [3.63, 3.8) is 0 Å². The van der Waals surface area contributed by atoms with E-state index in [1.807, 2.05) is 0 Å². The number of thioether (sulfide) groups is 1. The molecule has 0 bridgehead atoms. The second kappa shape index (κ2) is 7.87. The van der Waals surface area contributed by atoms with E-state index >= 15 is 0 Å². The van der Waals surface area contributed by atoms with Crippen molar-refractivity contribution in [1.29, 1.82) is 0 Å². The predicted molar refractivity (Wildman–Crippen MR) is 89.7 cm³/mol. The van der Waals surface area contributed by atoms with Crippen molar-refractivity contribution < 1.29 is 4.79 Å². The fourth-order valence-corrected chi connectivity index (χ4v) is 5.25. The Bertz CT molecular complexity index is 338. The summed E-state index contributed by atoms with van der Waals surface area (Å²) >= 11 is 2.11. The smallest absolute Gasteiger partial charge is 0.222 e. The molecule has 120 valence electrons. The molecule has 0 radical (unpaired) electrons. The molecule has 3 fully saturated rings. The molecule has 21 heavy (non-hydrogen) atoms. The maximum absolute atomic E-state index is 12.2. The third-order valence-corrected chi connectivity index (χ3v) is 6.53. The largest absolute Gasteiger partial charge is 0.343 e. The van der Waals surface area contributed by atoms with Gasteiger partial charge in [0.25, 0.3) is 0 Å². The summed E-state index contributed by atoms with van der Waals surface area (Å²) in [5, 5.41) is 0. The van der Waals surface area contributed by atoms with Crippen molar-refractivity contribution >= 4 is 17.7 Å². The van der Waals surface area contributed by atoms with Crippen LogP contribution in [0.5, 0.6) is 0 Å². The zero-order valence-electron chi connectivity index (χ0n) is 13.3. The van der Waals surface area contributed by atoms with Crippen molar-refractivity contribution in [3.8, 4) is 0 Å². The van der Waals surface area contributed by atoms with E-state index in [0.717, 1.165) is 37.9 Å². The van der Waals surface area contributed by atoms with E-state index in [1.165, 1.54) is 63.1 Å². The summed E-state index contributed by atoms with van der Waals surface area (Å²) < 4.78 is 0. The SMILES string of the molecule is O=C(CC[C@H]1CCCN(C2CCSCC2)C1)N1CCCC1. The molecular weight excluding hydrogens is 280 g/mol. The lowest BCUT2D eigenvalue weighted by Crippen LogP contribution is -2.44. The molecule has 1 amide bonds. The van der Waals surface area contributed by atoms with Crippen LogP contribution in [0, 0.1) is 5.92 Å². The molecule has 3 heterocycles. The van der Waals surface area contributed by atoms with Crippen LogP contribution in [0.4, 0.5) is 0 Å². The lowest BCUT2D eigenvalue weighted by atomic mass is 9.91. The maximum atomic E-state index is 12.2. The Morgan fingerprint density at radius 3 is 2.52 bits per heavy atom. The molecular formula is C17H30N2OS. The molecule has 0 N–H and O–H groups in total. The molecule has 0 aromatic heterocycles. The minimum Gasteiger partial charge on any atom is -0.343 e. The highest BCUT2D eigenvalue weighted by Crippen LogP contribution is 2.28. The van der Waals surface area contributed by atoms with Crippen LogP contribution < -0.4 is 0 Å². The van der Waals surface area contributed by atoms with Crippen LogP contribution in [0.25, 0.3) is 0 Å². The first-order chi connectivity index (χ1) is 10.3. The Morgan fingerprint density at radius 1 is 1.00 bits per heavy atom. The van der Waals surface area contributed by atoms with Gasteiger partial charge in [0.1, 0.15) is 0 Å². The Hall–Kier alpha value is -0.220. The summed E-state index contributed by atoms with van der Waals surface area (Å²) in [6.45, 7) is 4.57. The van der Waals surface area contributed by atoms with Gasteiger partial charge < -0.3 is 9.80 Å². The molecule has 3 saturated heterocycles. The highest BCUT2D eigenvalue weighted by molar-refractivity contribution is 7.99. The summed E-state index contributed by atoms with van der Waals surface area (Å²) in [6, 6.07) is 0.836. The van der Waals surface area contributed by atoms with E-state index in [4.69, 9.17) is 0 Å². The Balaban J connectivity index is 1.41. The number of carbonyl (C=O) groups excluding carboxylic acids is 1. The molecule has 3 aliphatic heterocycles. The molecule has 3 rings (SSSR count). The van der Waals surface area contributed by atoms with Gasteiger partial charge in [0, 0.05) is 32.1 Å². The van der Waals surface area contributed by atoms with Crippen molar-refractivity contribution in [1.82, 2.24) is 9.80 Å². The molecule has 0 aromatic rings. The van der Waals surface area contributed by atoms with Gasteiger partial charge in [0.05, 0.1) is 0 Å². The summed E-state index contributed by atoms with van der Waals surface area (Å²) in [7, 11) is 0. The minimum absolute atomic E-state index is 0.415. The summed E-state index contributed by atoms with van der Waals surface area (Å²) in [5.41, 5.74) is 0. The zero-order chi connectivity index (χ0) is 14.5. The monoisotopic (exact) mass is 310 g/mol. The number of rotatable bonds is 4. The van der Waals surface area contributed by atoms with Gasteiger partial charge in [-0.3, -0.25) is 4.79 Å². The quantitative estimate of drug-likeness (QED) is 0.797. The van der Waals surface area contributed by atoms with Crippen LogP contribution in [0.2, 0.25) is 0 Å². The fraction of sp³-hybridized carbons (Fsp3) is 0.941. The number of carbonyl (C=O) groups is 1. The van der Waals surface area contributed by atoms with Gasteiger partial charge in [-0.1, -0.05) is 0 Å². The Kier molecular flexibility index (Phi) is 5.87. The van der Waals surface area contributed by atoms with Gasteiger partial charge in [-0.15, -0.1) is 0 Å². The number of hydrogen-bond acceptors (Lipinski definition) is 3. The van der Waals surface area contributed by atoms with Crippen molar-refractivity contribution in [3.05, 3.63) is 0 Å². The van der Waals surface area contributed by atoms with E-state index in [9.17, 15) is 4.79 Å². The number of nitrogens with zero attached hydrogens (tertiary/aromatic N) is 2. The van der Waals surface area contributed by atoms with Crippen LogP contribution in [0.15, 0.2) is 0 Å². The van der Waals surface area contributed by atoms with Gasteiger partial charge in [-0.2, -0.15) is 11.8 Å². The van der Waals surface area contributed by atoms with Crippen LogP contribution in [-0.4, -0.2) is 59.4 Å². The van der Waals surface area contributed by atoms with Crippen molar-refractivity contribution in [2.75, 3.05) is 37.7 Å². The average Bonchev–Trinajstić information content (AvgIpc) is 3.08. The molecule has 0 unspecified atom stereocenters. The van der Waals surface area contributed by atoms with Crippen LogP contribution >= 0.6 is 11.8 Å². The van der Waals surface area contributed by atoms with E-state index in [2.05, 4.69) is 21.6 Å². The highest BCUT2D eigenvalue weighted by Gasteiger charge is 2.27. The van der Waals surface area contributed by atoms with E-state index in [1.54, 1.807) is 0 Å². The fourth-order valence-electron chi connectivity index (χ4n) is 4.17. The van der Waals surface area contributed by atoms with Gasteiger partial charge in [-0.25, -0.2) is 0 Å². The third kappa shape index (κ3) is 4.38. The summed E-state index contributed by atoms with van der Waals surface area (Å²) in [6.07, 6.45) is 9.77. The number of piperidine rings is 1. The van der Waals surface area contributed by atoms with Crippen molar-refractivity contribution in [2.24, 2.45) is 5.92 Å². The maximum Gasteiger partial charge on any atom is 0.222 e. The standard InChI is InChI=1S/C17H30N2OS/c20-17(18-9-1-2-10-18)6-5-15-4-3-11-19(14-15)16-7-12-21-13-8-16/h15-16H,1-14H2/t15-/m1/s1. The van der Waals surface area contributed by atoms with E-state index in [-0.39, 0.29) is 0 Å². The van der Waals surface area contributed by atoms with Gasteiger partial charge >= 0.3 is 0 Å². The summed E-state index contributed by atoms with van der Waals surface area (Å²) in [5.74, 6) is 3.87. The first kappa shape index (κ1) is 15.7. The first-order valence-corrected chi connectivity index (χ1v) is 10.1.